The summed E-state index contributed by atoms with van der Waals surface area (Å²) in [7, 11) is 1.91. The summed E-state index contributed by atoms with van der Waals surface area (Å²) < 4.78 is 23.3. The molecule has 0 radical (unpaired) electrons. The number of ketones is 1. The summed E-state index contributed by atoms with van der Waals surface area (Å²) >= 11 is 4.24. The topological polar surface area (TPSA) is 152 Å². The second kappa shape index (κ2) is 31.7. The van der Waals surface area contributed by atoms with E-state index >= 15 is 0 Å². The fourth-order valence-corrected chi connectivity index (χ4v) is 4.19. The molecule has 12 nitrogen and oxygen atoms in total. The predicted molar refractivity (Wildman–Crippen MR) is 214 cm³/mol. The molecule has 4 unspecified atom stereocenters. The average molecular weight is 768 g/mol. The third-order valence-electron chi connectivity index (χ3n) is 7.19. The van der Waals surface area contributed by atoms with Crippen LogP contribution in [0.3, 0.4) is 0 Å². The Morgan fingerprint density at radius 3 is 1.90 bits per heavy atom. The second-order valence-corrected chi connectivity index (χ2v) is 15.0. The van der Waals surface area contributed by atoms with Crippen molar-refractivity contribution in [3.8, 4) is 0 Å². The Labute approximate surface area is 320 Å². The van der Waals surface area contributed by atoms with Crippen LogP contribution in [0, 0.1) is 10.8 Å². The van der Waals surface area contributed by atoms with Crippen molar-refractivity contribution < 1.29 is 32.8 Å². The van der Waals surface area contributed by atoms with Crippen molar-refractivity contribution in [2.75, 3.05) is 39.8 Å². The molecule has 1 aliphatic heterocycles. The van der Waals surface area contributed by atoms with E-state index in [0.29, 0.717) is 13.0 Å². The van der Waals surface area contributed by atoms with E-state index in [2.05, 4.69) is 87.5 Å². The van der Waals surface area contributed by atoms with Gasteiger partial charge in [-0.2, -0.15) is 0 Å². The SMILES string of the molecule is C=CCNC(=O)C(=O)C(C)NC=O.CC.CC1CCCN1C(=O)C(NC(=O)NC(CNCCN(C)S)C(C)(C)C)C(C)(C)C.CCC.CCC(F)F. The fourth-order valence-electron chi connectivity index (χ4n) is 4.09. The Balaban J connectivity index is -0.000000411. The van der Waals surface area contributed by atoms with Gasteiger partial charge in [0.05, 0.1) is 6.04 Å². The van der Waals surface area contributed by atoms with Gasteiger partial charge in [-0.15, -0.1) is 6.58 Å². The molecule has 0 aromatic rings. The molecule has 0 aromatic carbocycles. The molecule has 1 fully saturated rings. The van der Waals surface area contributed by atoms with E-state index < -0.39 is 30.2 Å². The van der Waals surface area contributed by atoms with E-state index in [1.165, 1.54) is 26.3 Å². The normalized spacial score (nSPS) is 15.3. The molecule has 52 heavy (non-hydrogen) atoms. The second-order valence-electron chi connectivity index (χ2n) is 14.3. The number of amides is 5. The number of carbonyl (C=O) groups excluding carboxylic acids is 5. The zero-order chi connectivity index (χ0) is 41.7. The van der Waals surface area contributed by atoms with Gasteiger partial charge in [0, 0.05) is 51.2 Å². The molecular weight excluding hydrogens is 693 g/mol. The summed E-state index contributed by atoms with van der Waals surface area (Å²) in [5.74, 6) is -1.38. The third-order valence-corrected chi connectivity index (χ3v) is 7.39. The number of likely N-dealkylation sites (N-methyl/N-ethyl adjacent to an activating group) is 1. The lowest BCUT2D eigenvalue weighted by molar-refractivity contribution is -0.139. The monoisotopic (exact) mass is 768 g/mol. The van der Waals surface area contributed by atoms with E-state index in [1.54, 1.807) is 0 Å². The molecule has 0 saturated carbocycles. The standard InChI is InChI=1S/C21H43N5O2S.C8H12N2O3.C3H6F2.C3H8.C2H6/c1-15-10-9-12-26(15)18(27)17(21(5,6)7)24-19(28)23-16(20(2,3)4)14-22-11-13-25(8)29;1-3-4-9-8(13)7(12)6(2)10-5-11;1-2-3(4)5;1-3-2;1-2/h15-17,22,29H,9-14H2,1-8H3,(H2,23,24,28);3,5-6H,1,4H2,2H3,(H,9,13)(H,10,11);3H,2H2,1H3;3H2,1-2H3;1-2H3. The molecule has 0 spiro atoms. The van der Waals surface area contributed by atoms with Gasteiger partial charge in [-0.05, 0) is 44.6 Å². The van der Waals surface area contributed by atoms with E-state index in [9.17, 15) is 32.8 Å². The van der Waals surface area contributed by atoms with Crippen molar-refractivity contribution in [1.29, 1.82) is 0 Å². The van der Waals surface area contributed by atoms with Crippen LogP contribution in [-0.2, 0) is 19.2 Å². The van der Waals surface area contributed by atoms with Crippen LogP contribution in [0.2, 0.25) is 0 Å². The molecule has 1 saturated heterocycles. The van der Waals surface area contributed by atoms with Gasteiger partial charge in [-0.3, -0.25) is 23.5 Å². The Morgan fingerprint density at radius 2 is 1.54 bits per heavy atom. The van der Waals surface area contributed by atoms with Gasteiger partial charge in [0.15, 0.2) is 0 Å². The maximum atomic E-state index is 13.2. The number of nitrogens with one attached hydrogen (secondary N) is 5. The Bertz CT molecular complexity index is 992. The number of rotatable bonds is 15. The highest BCUT2D eigenvalue weighted by atomic mass is 32.1. The average Bonchev–Trinajstić information content (AvgIpc) is 3.49. The van der Waals surface area contributed by atoms with Crippen LogP contribution in [0.15, 0.2) is 12.7 Å². The van der Waals surface area contributed by atoms with Crippen LogP contribution >= 0.6 is 12.8 Å². The maximum absolute atomic E-state index is 13.2. The fraction of sp³-hybridized carbons (Fsp3) is 0.811. The highest BCUT2D eigenvalue weighted by Gasteiger charge is 2.39. The van der Waals surface area contributed by atoms with Crippen molar-refractivity contribution in [2.45, 2.75) is 146 Å². The molecule has 1 rings (SSSR count). The van der Waals surface area contributed by atoms with Crippen LogP contribution in [0.4, 0.5) is 13.6 Å². The molecule has 0 aliphatic carbocycles. The van der Waals surface area contributed by atoms with Crippen molar-refractivity contribution in [2.24, 2.45) is 10.8 Å². The lowest BCUT2D eigenvalue weighted by atomic mass is 9.85. The minimum atomic E-state index is -2.12. The summed E-state index contributed by atoms with van der Waals surface area (Å²) in [6, 6.07) is -1.49. The van der Waals surface area contributed by atoms with E-state index in [1.807, 2.05) is 50.9 Å². The summed E-state index contributed by atoms with van der Waals surface area (Å²) in [5, 5.41) is 13.9. The molecule has 308 valence electrons. The van der Waals surface area contributed by atoms with Gasteiger partial charge >= 0.3 is 6.03 Å². The number of Topliss-reactive ketones (excluding diaryl/α,β-unsaturated/α-hetero) is 1. The minimum Gasteiger partial charge on any atom is -0.349 e. The highest BCUT2D eigenvalue weighted by Crippen LogP contribution is 2.26. The first-order chi connectivity index (χ1) is 24.0. The quantitative estimate of drug-likeness (QED) is 0.0418. The van der Waals surface area contributed by atoms with E-state index in [-0.39, 0.29) is 47.8 Å². The van der Waals surface area contributed by atoms with Crippen molar-refractivity contribution in [3.63, 3.8) is 0 Å². The molecule has 5 amide bonds. The number of nitrogens with zero attached hydrogens (tertiary/aromatic N) is 2. The van der Waals surface area contributed by atoms with E-state index in [4.69, 9.17) is 0 Å². The Hall–Kier alpha value is -2.78. The zero-order valence-electron chi connectivity index (χ0n) is 34.8. The van der Waals surface area contributed by atoms with Gasteiger partial charge in [-0.1, -0.05) is 101 Å². The van der Waals surface area contributed by atoms with Crippen LogP contribution in [0.1, 0.15) is 116 Å². The van der Waals surface area contributed by atoms with Crippen molar-refractivity contribution >= 4 is 42.9 Å². The molecule has 4 atom stereocenters. The number of hydrogen-bond donors (Lipinski definition) is 6. The first kappa shape index (κ1) is 56.0. The summed E-state index contributed by atoms with van der Waals surface area (Å²) in [5.41, 5.74) is -0.495. The summed E-state index contributed by atoms with van der Waals surface area (Å²) in [6.45, 7) is 32.1. The number of urea groups is 1. The number of carbonyl (C=O) groups is 5. The van der Waals surface area contributed by atoms with Crippen LogP contribution < -0.4 is 26.6 Å². The number of hydrogen-bond acceptors (Lipinski definition) is 8. The maximum Gasteiger partial charge on any atom is 0.315 e. The number of likely N-dealkylation sites (tertiary alicyclic amines) is 1. The highest BCUT2D eigenvalue weighted by molar-refractivity contribution is 7.77. The van der Waals surface area contributed by atoms with Crippen LogP contribution in [-0.4, -0.2) is 110 Å². The number of halogens is 2. The first-order valence-corrected chi connectivity index (χ1v) is 18.8. The largest absolute Gasteiger partial charge is 0.349 e. The molecule has 5 N–H and O–H groups in total. The molecule has 1 heterocycles. The van der Waals surface area contributed by atoms with Gasteiger partial charge < -0.3 is 31.5 Å². The number of thiol groups is 1. The number of alkyl halides is 2. The van der Waals surface area contributed by atoms with Crippen molar-refractivity contribution in [3.05, 3.63) is 12.7 Å². The van der Waals surface area contributed by atoms with Gasteiger partial charge in [0.25, 0.3) is 5.91 Å². The summed E-state index contributed by atoms with van der Waals surface area (Å²) in [4.78, 5) is 59.9. The predicted octanol–water partition coefficient (Wildman–Crippen LogP) is 5.59. The Kier molecular flexibility index (Phi) is 34.1. The molecule has 1 aliphatic rings. The van der Waals surface area contributed by atoms with Crippen molar-refractivity contribution in [1.82, 2.24) is 35.8 Å². The third kappa shape index (κ3) is 28.8. The van der Waals surface area contributed by atoms with Crippen LogP contribution in [0.25, 0.3) is 0 Å². The molecule has 0 bridgehead atoms. The van der Waals surface area contributed by atoms with Gasteiger partial charge in [0.1, 0.15) is 6.04 Å². The smallest absolute Gasteiger partial charge is 0.315 e. The molecule has 15 heteroatoms. The summed E-state index contributed by atoms with van der Waals surface area (Å²) in [6.07, 6.45) is 2.99. The van der Waals surface area contributed by atoms with Crippen LogP contribution in [0.5, 0.6) is 0 Å². The first-order valence-electron chi connectivity index (χ1n) is 18.4. The lowest BCUT2D eigenvalue weighted by Gasteiger charge is -2.37. The van der Waals surface area contributed by atoms with Gasteiger partial charge in [-0.25, -0.2) is 13.6 Å². The Morgan fingerprint density at radius 1 is 1.02 bits per heavy atom. The molecule has 0 aromatic heterocycles. The lowest BCUT2D eigenvalue weighted by Crippen LogP contribution is -2.60. The molecular formula is C37H75F2N7O5S. The van der Waals surface area contributed by atoms with Gasteiger partial charge in [0.2, 0.25) is 24.5 Å². The minimum absolute atomic E-state index is 0.0138. The zero-order valence-corrected chi connectivity index (χ0v) is 35.6. The van der Waals surface area contributed by atoms with E-state index in [0.717, 1.165) is 32.5 Å².